The summed E-state index contributed by atoms with van der Waals surface area (Å²) in [5, 5.41) is 2.59. The number of allylic oxidation sites excluding steroid dienone is 3. The van der Waals surface area contributed by atoms with Crippen LogP contribution in [0.25, 0.3) is 5.57 Å². The van der Waals surface area contributed by atoms with Gasteiger partial charge in [-0.15, -0.1) is 0 Å². The van der Waals surface area contributed by atoms with Crippen LogP contribution in [0.3, 0.4) is 0 Å². The van der Waals surface area contributed by atoms with Crippen LogP contribution in [-0.4, -0.2) is 23.0 Å². The van der Waals surface area contributed by atoms with Crippen LogP contribution in [0.2, 0.25) is 0 Å². The van der Waals surface area contributed by atoms with E-state index in [9.17, 15) is 14.0 Å². The first-order valence-electron chi connectivity index (χ1n) is 13.3. The van der Waals surface area contributed by atoms with Gasteiger partial charge in [0.1, 0.15) is 6.10 Å². The lowest BCUT2D eigenvalue weighted by atomic mass is 9.88. The normalized spacial score (nSPS) is 15.6. The van der Waals surface area contributed by atoms with E-state index in [1.54, 1.807) is 12.1 Å². The maximum absolute atomic E-state index is 13.9. The third kappa shape index (κ3) is 8.35. The number of nitrogens with zero attached hydrogens (tertiary/aromatic N) is 1. The molecule has 0 atom stereocenters. The number of benzene rings is 1. The molecule has 2 aliphatic rings. The molecule has 0 unspecified atom stereocenters. The van der Waals surface area contributed by atoms with E-state index in [2.05, 4.69) is 30.2 Å². The van der Waals surface area contributed by atoms with E-state index in [1.807, 2.05) is 12.1 Å². The predicted molar refractivity (Wildman–Crippen MR) is 145 cm³/mol. The largest absolute Gasteiger partial charge is 0.462 e. The van der Waals surface area contributed by atoms with Gasteiger partial charge in [-0.1, -0.05) is 44.9 Å². The van der Waals surface area contributed by atoms with Crippen molar-refractivity contribution in [3.05, 3.63) is 76.9 Å². The second kappa shape index (κ2) is 14.4. The van der Waals surface area contributed by atoms with E-state index in [0.29, 0.717) is 12.1 Å². The number of carbonyl (C=O) groups excluding carboxylic acids is 2. The van der Waals surface area contributed by atoms with Gasteiger partial charge in [-0.05, 0) is 79.0 Å². The average Bonchev–Trinajstić information content (AvgIpc) is 2.90. The molecule has 1 aromatic heterocycles. The van der Waals surface area contributed by atoms with Crippen molar-refractivity contribution in [1.29, 1.82) is 0 Å². The van der Waals surface area contributed by atoms with Crippen LogP contribution in [0.4, 0.5) is 10.1 Å². The number of rotatable bonds is 7. The standard InChI is InChI=1S/C27H30FN3O3.C3H8/c28-24-17-30-12-11-25(24)31-27(33)20-9-10-21(16-29)23(15-20)19-6-4-5-18(13-19)14-26(32)34-22-7-2-1-3-8-22;1-3-2/h5,9-13,15,17,22H,1-4,6-8,14,16,29H2,(H,30,31,33);3H2,1-2H3. The van der Waals surface area contributed by atoms with Gasteiger partial charge >= 0.3 is 5.97 Å². The lowest BCUT2D eigenvalue weighted by molar-refractivity contribution is -0.149. The quantitative estimate of drug-likeness (QED) is 0.406. The minimum Gasteiger partial charge on any atom is -0.462 e. The molecule has 0 radical (unpaired) electrons. The Balaban J connectivity index is 0.00000121. The number of esters is 1. The van der Waals surface area contributed by atoms with Crippen LogP contribution in [0.5, 0.6) is 0 Å². The molecule has 0 spiro atoms. The zero-order valence-corrected chi connectivity index (χ0v) is 21.9. The number of anilines is 1. The third-order valence-electron chi connectivity index (χ3n) is 6.34. The molecule has 7 heteroatoms. The summed E-state index contributed by atoms with van der Waals surface area (Å²) in [4.78, 5) is 29.0. The Morgan fingerprint density at radius 2 is 1.92 bits per heavy atom. The van der Waals surface area contributed by atoms with Crippen molar-refractivity contribution in [2.75, 3.05) is 5.32 Å². The van der Waals surface area contributed by atoms with Crippen LogP contribution in [-0.2, 0) is 16.1 Å². The zero-order chi connectivity index (χ0) is 26.6. The van der Waals surface area contributed by atoms with Crippen LogP contribution < -0.4 is 11.1 Å². The molecule has 3 N–H and O–H groups in total. The maximum Gasteiger partial charge on any atom is 0.310 e. The molecule has 1 amide bonds. The molecule has 2 aromatic rings. The molecule has 37 heavy (non-hydrogen) atoms. The summed E-state index contributed by atoms with van der Waals surface area (Å²) in [6, 6.07) is 6.70. The molecule has 1 saturated carbocycles. The highest BCUT2D eigenvalue weighted by molar-refractivity contribution is 6.05. The first kappa shape index (κ1) is 28.3. The summed E-state index contributed by atoms with van der Waals surface area (Å²) >= 11 is 0. The number of aromatic nitrogens is 1. The van der Waals surface area contributed by atoms with Crippen molar-refractivity contribution in [3.8, 4) is 0 Å². The number of nitrogens with one attached hydrogen (secondary N) is 1. The number of hydrogen-bond acceptors (Lipinski definition) is 5. The van der Waals surface area contributed by atoms with Gasteiger partial charge in [0.15, 0.2) is 5.82 Å². The number of carbonyl (C=O) groups is 2. The highest BCUT2D eigenvalue weighted by Crippen LogP contribution is 2.31. The molecular formula is C30H38FN3O3. The van der Waals surface area contributed by atoms with Crippen molar-refractivity contribution in [3.63, 3.8) is 0 Å². The number of pyridine rings is 1. The minimum atomic E-state index is -0.598. The van der Waals surface area contributed by atoms with Gasteiger partial charge in [0.2, 0.25) is 0 Å². The highest BCUT2D eigenvalue weighted by Gasteiger charge is 2.20. The highest BCUT2D eigenvalue weighted by atomic mass is 19.1. The maximum atomic E-state index is 13.9. The summed E-state index contributed by atoms with van der Waals surface area (Å²) in [5.74, 6) is -1.21. The van der Waals surface area contributed by atoms with Gasteiger partial charge in [-0.3, -0.25) is 14.6 Å². The fourth-order valence-corrected chi connectivity index (χ4v) is 4.55. The first-order valence-corrected chi connectivity index (χ1v) is 13.3. The lowest BCUT2D eigenvalue weighted by Gasteiger charge is -2.22. The monoisotopic (exact) mass is 507 g/mol. The molecule has 6 nitrogen and oxygen atoms in total. The van der Waals surface area contributed by atoms with Crippen molar-refractivity contribution < 1.29 is 18.7 Å². The Hall–Kier alpha value is -3.32. The van der Waals surface area contributed by atoms with Gasteiger partial charge in [0.25, 0.3) is 5.91 Å². The van der Waals surface area contributed by atoms with Crippen molar-refractivity contribution in [2.45, 2.75) is 84.3 Å². The molecule has 198 valence electrons. The molecule has 2 aliphatic carbocycles. The van der Waals surface area contributed by atoms with Crippen LogP contribution in [0, 0.1) is 5.82 Å². The van der Waals surface area contributed by atoms with E-state index >= 15 is 0 Å². The fourth-order valence-electron chi connectivity index (χ4n) is 4.55. The molecule has 1 fully saturated rings. The van der Waals surface area contributed by atoms with Gasteiger partial charge in [-0.2, -0.15) is 0 Å². The summed E-state index contributed by atoms with van der Waals surface area (Å²) in [6.45, 7) is 4.57. The molecule has 0 bridgehead atoms. The van der Waals surface area contributed by atoms with Crippen LogP contribution in [0.1, 0.15) is 93.1 Å². The summed E-state index contributed by atoms with van der Waals surface area (Å²) in [5.41, 5.74) is 10.2. The lowest BCUT2D eigenvalue weighted by Crippen LogP contribution is -2.21. The number of ether oxygens (including phenoxy) is 1. The molecule has 1 aromatic carbocycles. The van der Waals surface area contributed by atoms with Crippen molar-refractivity contribution in [2.24, 2.45) is 5.73 Å². The predicted octanol–water partition coefficient (Wildman–Crippen LogP) is 6.72. The van der Waals surface area contributed by atoms with Gasteiger partial charge in [-0.25, -0.2) is 4.39 Å². The van der Waals surface area contributed by atoms with Gasteiger partial charge < -0.3 is 15.8 Å². The van der Waals surface area contributed by atoms with Gasteiger partial charge in [0.05, 0.1) is 18.3 Å². The second-order valence-electron chi connectivity index (χ2n) is 9.51. The van der Waals surface area contributed by atoms with E-state index < -0.39 is 11.7 Å². The van der Waals surface area contributed by atoms with E-state index in [-0.39, 0.29) is 24.2 Å². The minimum absolute atomic E-state index is 0.0400. The fraction of sp³-hybridized carbons (Fsp3) is 0.433. The van der Waals surface area contributed by atoms with Crippen molar-refractivity contribution >= 4 is 23.1 Å². The Bertz CT molecular complexity index is 1140. The van der Waals surface area contributed by atoms with Gasteiger partial charge in [0, 0.05) is 18.3 Å². The zero-order valence-electron chi connectivity index (χ0n) is 21.9. The van der Waals surface area contributed by atoms with Crippen LogP contribution in [0.15, 0.2) is 54.4 Å². The number of hydrogen-bond donors (Lipinski definition) is 2. The Morgan fingerprint density at radius 1 is 1.16 bits per heavy atom. The molecular weight excluding hydrogens is 469 g/mol. The first-order chi connectivity index (χ1) is 17.9. The van der Waals surface area contributed by atoms with E-state index in [0.717, 1.165) is 67.0 Å². The SMILES string of the molecule is CCC.NCc1ccc(C(=O)Nc2ccncc2F)cc1C1=CC(CC(=O)OC2CCCCC2)=CCC1. The topological polar surface area (TPSA) is 94.3 Å². The molecule has 0 saturated heterocycles. The van der Waals surface area contributed by atoms with E-state index in [1.165, 1.54) is 25.1 Å². The number of halogens is 1. The second-order valence-corrected chi connectivity index (χ2v) is 9.51. The average molecular weight is 508 g/mol. The van der Waals surface area contributed by atoms with Crippen molar-refractivity contribution in [1.82, 2.24) is 4.98 Å². The summed E-state index contributed by atoms with van der Waals surface area (Å²) < 4.78 is 19.6. The third-order valence-corrected chi connectivity index (χ3v) is 6.34. The van der Waals surface area contributed by atoms with Crippen LogP contribution >= 0.6 is 0 Å². The smallest absolute Gasteiger partial charge is 0.310 e. The molecule has 4 rings (SSSR count). The number of nitrogens with two attached hydrogens (primary N) is 1. The Labute approximate surface area is 219 Å². The summed E-state index contributed by atoms with van der Waals surface area (Å²) in [7, 11) is 0. The summed E-state index contributed by atoms with van der Waals surface area (Å²) in [6.07, 6.45) is 15.0. The van der Waals surface area contributed by atoms with E-state index in [4.69, 9.17) is 10.5 Å². The molecule has 1 heterocycles. The molecule has 0 aliphatic heterocycles. The number of amides is 1. The Kier molecular flexibility index (Phi) is 11.0. The Morgan fingerprint density at radius 3 is 2.62 bits per heavy atom.